The third-order valence-corrected chi connectivity index (χ3v) is 5.93. The zero-order valence-electron chi connectivity index (χ0n) is 20.1. The van der Waals surface area contributed by atoms with Gasteiger partial charge >= 0.3 is 0 Å². The van der Waals surface area contributed by atoms with E-state index in [-0.39, 0.29) is 0 Å². The number of nitrogens with zero attached hydrogens (tertiary/aromatic N) is 5. The zero-order valence-corrected chi connectivity index (χ0v) is 20.1. The molecule has 0 spiro atoms. The lowest BCUT2D eigenvalue weighted by Gasteiger charge is -2.26. The van der Waals surface area contributed by atoms with Crippen molar-refractivity contribution < 1.29 is 4.74 Å². The highest BCUT2D eigenvalue weighted by Crippen LogP contribution is 2.28. The van der Waals surface area contributed by atoms with Gasteiger partial charge in [-0.05, 0) is 43.5 Å². The number of morpholine rings is 1. The first-order valence-corrected chi connectivity index (χ1v) is 12.4. The molecule has 3 aromatic rings. The van der Waals surface area contributed by atoms with Gasteiger partial charge in [-0.25, -0.2) is 15.0 Å². The van der Waals surface area contributed by atoms with Crippen molar-refractivity contribution >= 4 is 17.5 Å². The highest BCUT2D eigenvalue weighted by Gasteiger charge is 2.22. The molecular formula is C27H31N7O. The molecule has 1 saturated heterocycles. The molecule has 2 N–H and O–H groups in total. The predicted molar refractivity (Wildman–Crippen MR) is 137 cm³/mol. The number of anilines is 3. The van der Waals surface area contributed by atoms with E-state index in [4.69, 9.17) is 9.72 Å². The van der Waals surface area contributed by atoms with E-state index in [1.807, 2.05) is 30.6 Å². The van der Waals surface area contributed by atoms with Crippen LogP contribution in [0.5, 0.6) is 0 Å². The van der Waals surface area contributed by atoms with Crippen molar-refractivity contribution in [1.82, 2.24) is 24.8 Å². The van der Waals surface area contributed by atoms with E-state index < -0.39 is 0 Å². The molecule has 3 aromatic heterocycles. The van der Waals surface area contributed by atoms with Crippen LogP contribution < -0.4 is 10.6 Å². The summed E-state index contributed by atoms with van der Waals surface area (Å²) < 4.78 is 5.42. The average molecular weight is 470 g/mol. The summed E-state index contributed by atoms with van der Waals surface area (Å²) in [6.45, 7) is 6.43. The number of aromatic nitrogens is 4. The Balaban J connectivity index is 1.29. The average Bonchev–Trinajstić information content (AvgIpc) is 3.71. The van der Waals surface area contributed by atoms with Gasteiger partial charge in [-0.15, -0.1) is 0 Å². The summed E-state index contributed by atoms with van der Waals surface area (Å²) in [6.07, 6.45) is 9.72. The number of rotatable bonds is 8. The molecule has 0 atom stereocenters. The highest BCUT2D eigenvalue weighted by atomic mass is 16.5. The van der Waals surface area contributed by atoms with Gasteiger partial charge in [-0.1, -0.05) is 18.8 Å². The number of pyridine rings is 2. The molecule has 2 aliphatic rings. The third kappa shape index (κ3) is 6.53. The summed E-state index contributed by atoms with van der Waals surface area (Å²) in [5.41, 5.74) is 4.51. The van der Waals surface area contributed by atoms with Crippen LogP contribution in [0.3, 0.4) is 0 Å². The van der Waals surface area contributed by atoms with E-state index in [1.165, 1.54) is 12.8 Å². The van der Waals surface area contributed by atoms with Crippen LogP contribution in [0.4, 0.5) is 17.5 Å². The van der Waals surface area contributed by atoms with E-state index in [9.17, 15) is 0 Å². The number of hydrogen-bond donors (Lipinski definition) is 2. The number of hydrogen-bond acceptors (Lipinski definition) is 8. The maximum absolute atomic E-state index is 5.42. The summed E-state index contributed by atoms with van der Waals surface area (Å²) >= 11 is 0. The van der Waals surface area contributed by atoms with Gasteiger partial charge in [-0.2, -0.15) is 0 Å². The maximum Gasteiger partial charge on any atom is 0.227 e. The minimum absolute atomic E-state index is 0.517. The fourth-order valence-corrected chi connectivity index (χ4v) is 3.81. The highest BCUT2D eigenvalue weighted by molar-refractivity contribution is 5.67. The molecule has 0 bridgehead atoms. The smallest absolute Gasteiger partial charge is 0.227 e. The van der Waals surface area contributed by atoms with Crippen molar-refractivity contribution in [3.8, 4) is 23.1 Å². The molecule has 180 valence electrons. The second-order valence-corrected chi connectivity index (χ2v) is 8.91. The standard InChI is InChI=1S/C27H31N7O/c1-2-3-4-5-20-16-21(17-30-26(20)31-22-6-7-22)25-10-11-28-27(33-25)32-23-8-9-24(29-18-23)19-34-12-14-35-15-13-34/h8-11,16-18,22H,2-3,6-7,12-15,19H2,1H3,(H,30,31)(H,28,32,33). The topological polar surface area (TPSA) is 88.1 Å². The van der Waals surface area contributed by atoms with Crippen LogP contribution in [0.15, 0.2) is 42.9 Å². The third-order valence-electron chi connectivity index (χ3n) is 5.93. The molecule has 0 radical (unpaired) electrons. The first-order valence-electron chi connectivity index (χ1n) is 12.4. The first kappa shape index (κ1) is 23.2. The molecule has 5 rings (SSSR count). The van der Waals surface area contributed by atoms with Gasteiger partial charge in [0.1, 0.15) is 5.82 Å². The summed E-state index contributed by atoms with van der Waals surface area (Å²) in [6, 6.07) is 8.53. The second kappa shape index (κ2) is 11.3. The first-order chi connectivity index (χ1) is 17.3. The zero-order chi connectivity index (χ0) is 23.9. The van der Waals surface area contributed by atoms with Crippen LogP contribution in [-0.2, 0) is 11.3 Å². The Kier molecular flexibility index (Phi) is 7.47. The van der Waals surface area contributed by atoms with Crippen LogP contribution in [0.25, 0.3) is 11.3 Å². The van der Waals surface area contributed by atoms with Gasteiger partial charge in [0.2, 0.25) is 5.95 Å². The Hall–Kier alpha value is -3.54. The largest absolute Gasteiger partial charge is 0.379 e. The van der Waals surface area contributed by atoms with Crippen molar-refractivity contribution in [3.63, 3.8) is 0 Å². The Morgan fingerprint density at radius 3 is 2.74 bits per heavy atom. The van der Waals surface area contributed by atoms with Crippen molar-refractivity contribution in [2.24, 2.45) is 0 Å². The molecular weight excluding hydrogens is 438 g/mol. The van der Waals surface area contributed by atoms with E-state index in [0.29, 0.717) is 12.0 Å². The minimum atomic E-state index is 0.517. The Morgan fingerprint density at radius 1 is 1.09 bits per heavy atom. The summed E-state index contributed by atoms with van der Waals surface area (Å²) in [5.74, 6) is 7.92. The molecule has 0 unspecified atom stereocenters. The molecule has 1 aliphatic heterocycles. The summed E-state index contributed by atoms with van der Waals surface area (Å²) in [5, 5.41) is 6.76. The van der Waals surface area contributed by atoms with Gasteiger partial charge < -0.3 is 15.4 Å². The van der Waals surface area contributed by atoms with Gasteiger partial charge in [0.15, 0.2) is 0 Å². The fourth-order valence-electron chi connectivity index (χ4n) is 3.81. The quantitative estimate of drug-likeness (QED) is 0.474. The van der Waals surface area contributed by atoms with E-state index >= 15 is 0 Å². The summed E-state index contributed by atoms with van der Waals surface area (Å²) in [4.78, 5) is 20.7. The van der Waals surface area contributed by atoms with Gasteiger partial charge in [0.05, 0.1) is 42.0 Å². The van der Waals surface area contributed by atoms with Crippen molar-refractivity contribution in [2.45, 2.75) is 45.2 Å². The normalized spacial score (nSPS) is 15.8. The lowest BCUT2D eigenvalue weighted by atomic mass is 10.1. The molecule has 0 aromatic carbocycles. The Labute approximate surface area is 206 Å². The minimum Gasteiger partial charge on any atom is -0.379 e. The van der Waals surface area contributed by atoms with Crippen LogP contribution in [-0.4, -0.2) is 57.2 Å². The molecule has 4 heterocycles. The number of ether oxygens (including phenoxy) is 1. The number of unbranched alkanes of at least 4 members (excludes halogenated alkanes) is 1. The monoisotopic (exact) mass is 469 g/mol. The van der Waals surface area contributed by atoms with Crippen LogP contribution in [0.2, 0.25) is 0 Å². The van der Waals surface area contributed by atoms with Crippen LogP contribution in [0.1, 0.15) is 43.9 Å². The van der Waals surface area contributed by atoms with E-state index in [1.54, 1.807) is 6.20 Å². The molecule has 0 amide bonds. The molecule has 2 fully saturated rings. The lowest BCUT2D eigenvalue weighted by Crippen LogP contribution is -2.35. The molecule has 1 saturated carbocycles. The Bertz CT molecular complexity index is 1190. The van der Waals surface area contributed by atoms with Crippen LogP contribution >= 0.6 is 0 Å². The molecule has 1 aliphatic carbocycles. The molecule has 35 heavy (non-hydrogen) atoms. The van der Waals surface area contributed by atoms with Crippen molar-refractivity contribution in [1.29, 1.82) is 0 Å². The second-order valence-electron chi connectivity index (χ2n) is 8.91. The fraction of sp³-hybridized carbons (Fsp3) is 0.407. The SMILES string of the molecule is CCCC#Cc1cc(-c2ccnc(Nc3ccc(CN4CCOCC4)nc3)n2)cnc1NC1CC1. The lowest BCUT2D eigenvalue weighted by molar-refractivity contribution is 0.0336. The van der Waals surface area contributed by atoms with E-state index in [0.717, 1.165) is 79.7 Å². The number of nitrogens with one attached hydrogen (secondary N) is 2. The maximum atomic E-state index is 5.42. The van der Waals surface area contributed by atoms with Crippen molar-refractivity contribution in [3.05, 3.63) is 54.1 Å². The van der Waals surface area contributed by atoms with Gasteiger partial charge in [-0.3, -0.25) is 9.88 Å². The van der Waals surface area contributed by atoms with Crippen LogP contribution in [0, 0.1) is 11.8 Å². The molecule has 8 heteroatoms. The van der Waals surface area contributed by atoms with Gasteiger partial charge in [0.25, 0.3) is 0 Å². The summed E-state index contributed by atoms with van der Waals surface area (Å²) in [7, 11) is 0. The van der Waals surface area contributed by atoms with E-state index in [2.05, 4.69) is 55.3 Å². The van der Waals surface area contributed by atoms with Crippen molar-refractivity contribution in [2.75, 3.05) is 36.9 Å². The predicted octanol–water partition coefficient (Wildman–Crippen LogP) is 4.24. The molecule has 8 nitrogen and oxygen atoms in total. The van der Waals surface area contributed by atoms with Gasteiger partial charge in [0, 0.05) is 50.1 Å². The Morgan fingerprint density at radius 2 is 1.97 bits per heavy atom.